The number of esters is 2. The van der Waals surface area contributed by atoms with Gasteiger partial charge in [0.15, 0.2) is 18.5 Å². The molecule has 2 aliphatic heterocycles. The molecular weight excluding hydrogens is 382 g/mol. The summed E-state index contributed by atoms with van der Waals surface area (Å²) in [6.07, 6.45) is 3.72. The molecular formula is C20H33NO8. The highest BCUT2D eigenvalue weighted by molar-refractivity contribution is 5.73. The van der Waals surface area contributed by atoms with E-state index in [4.69, 9.17) is 23.7 Å². The molecule has 2 heterocycles. The van der Waals surface area contributed by atoms with Crippen molar-refractivity contribution in [3.8, 4) is 0 Å². The van der Waals surface area contributed by atoms with Gasteiger partial charge in [0, 0.05) is 27.4 Å². The van der Waals surface area contributed by atoms with Gasteiger partial charge in [-0.15, -0.1) is 0 Å². The molecule has 0 bridgehead atoms. The third-order valence-electron chi connectivity index (χ3n) is 4.87. The van der Waals surface area contributed by atoms with Crippen LogP contribution in [0.3, 0.4) is 0 Å². The van der Waals surface area contributed by atoms with E-state index in [0.717, 1.165) is 19.3 Å². The maximum atomic E-state index is 11.8. The van der Waals surface area contributed by atoms with Crippen LogP contribution in [0.5, 0.6) is 0 Å². The van der Waals surface area contributed by atoms with Gasteiger partial charge in [-0.25, -0.2) is 0 Å². The largest absolute Gasteiger partial charge is 0.456 e. The third-order valence-corrected chi connectivity index (χ3v) is 4.87. The fraction of sp³-hybridized carbons (Fsp3) is 0.850. The highest BCUT2D eigenvalue weighted by atomic mass is 16.9. The summed E-state index contributed by atoms with van der Waals surface area (Å²) in [6.45, 7) is 6.60. The summed E-state index contributed by atoms with van der Waals surface area (Å²) >= 11 is 0. The summed E-state index contributed by atoms with van der Waals surface area (Å²) in [5.41, 5.74) is 0. The van der Waals surface area contributed by atoms with E-state index in [1.54, 1.807) is 0 Å². The zero-order valence-electron chi connectivity index (χ0n) is 17.7. The van der Waals surface area contributed by atoms with Crippen LogP contribution in [-0.2, 0) is 38.1 Å². The Labute approximate surface area is 171 Å². The maximum absolute atomic E-state index is 11.8. The van der Waals surface area contributed by atoms with Crippen LogP contribution < -0.4 is 5.32 Å². The van der Waals surface area contributed by atoms with Crippen molar-refractivity contribution in [2.75, 3.05) is 13.2 Å². The molecule has 166 valence electrons. The van der Waals surface area contributed by atoms with Gasteiger partial charge in [-0.05, 0) is 6.42 Å². The van der Waals surface area contributed by atoms with Crippen LogP contribution in [0.15, 0.2) is 0 Å². The molecule has 2 rings (SSSR count). The van der Waals surface area contributed by atoms with Gasteiger partial charge < -0.3 is 29.0 Å². The first kappa shape index (κ1) is 23.6. The lowest BCUT2D eigenvalue weighted by molar-refractivity contribution is -0.304. The second-order valence-corrected chi connectivity index (χ2v) is 7.56. The summed E-state index contributed by atoms with van der Waals surface area (Å²) in [7, 11) is 0. The molecule has 9 nitrogen and oxygen atoms in total. The second-order valence-electron chi connectivity index (χ2n) is 7.56. The molecule has 29 heavy (non-hydrogen) atoms. The topological polar surface area (TPSA) is 113 Å². The maximum Gasteiger partial charge on any atom is 0.303 e. The van der Waals surface area contributed by atoms with Gasteiger partial charge in [-0.2, -0.15) is 0 Å². The number of carbonyl (C=O) groups is 3. The lowest BCUT2D eigenvalue weighted by Gasteiger charge is -2.44. The third kappa shape index (κ3) is 6.94. The SMILES string of the molecule is CCCCCCCCO[C@@H]1O[C@]2(CO2)[C@@H](OC(C)=O)[C@H](OC(C)=O)[C@H]1NC(C)=O. The van der Waals surface area contributed by atoms with Gasteiger partial charge in [-0.3, -0.25) is 14.4 Å². The highest BCUT2D eigenvalue weighted by Gasteiger charge is 2.67. The smallest absolute Gasteiger partial charge is 0.303 e. The number of amides is 1. The number of rotatable bonds is 11. The van der Waals surface area contributed by atoms with Crippen LogP contribution in [-0.4, -0.2) is 61.4 Å². The Balaban J connectivity index is 2.07. The van der Waals surface area contributed by atoms with Crippen molar-refractivity contribution in [2.45, 2.75) is 96.5 Å². The Morgan fingerprint density at radius 2 is 1.62 bits per heavy atom. The summed E-state index contributed by atoms with van der Waals surface area (Å²) in [4.78, 5) is 35.1. The normalized spacial score (nSPS) is 30.6. The number of hydrogen-bond donors (Lipinski definition) is 1. The second kappa shape index (κ2) is 10.9. The van der Waals surface area contributed by atoms with Crippen molar-refractivity contribution < 1.29 is 38.1 Å². The van der Waals surface area contributed by atoms with Crippen LogP contribution in [0.4, 0.5) is 0 Å². The first-order chi connectivity index (χ1) is 13.8. The Morgan fingerprint density at radius 3 is 2.17 bits per heavy atom. The van der Waals surface area contributed by atoms with Crippen molar-refractivity contribution in [1.82, 2.24) is 5.32 Å². The van der Waals surface area contributed by atoms with E-state index in [1.807, 2.05) is 0 Å². The van der Waals surface area contributed by atoms with E-state index in [1.165, 1.54) is 40.0 Å². The zero-order chi connectivity index (χ0) is 21.4. The first-order valence-electron chi connectivity index (χ1n) is 10.3. The van der Waals surface area contributed by atoms with Gasteiger partial charge in [0.25, 0.3) is 0 Å². The van der Waals surface area contributed by atoms with Gasteiger partial charge in [0.1, 0.15) is 12.6 Å². The Kier molecular flexibility index (Phi) is 8.85. The number of carbonyl (C=O) groups excluding carboxylic acids is 3. The van der Waals surface area contributed by atoms with Crippen LogP contribution >= 0.6 is 0 Å². The van der Waals surface area contributed by atoms with Crippen molar-refractivity contribution in [1.29, 1.82) is 0 Å². The summed E-state index contributed by atoms with van der Waals surface area (Å²) in [5.74, 6) is -2.72. The summed E-state index contributed by atoms with van der Waals surface area (Å²) in [5, 5.41) is 2.71. The van der Waals surface area contributed by atoms with E-state index in [0.29, 0.717) is 6.61 Å². The molecule has 1 amide bonds. The molecule has 0 aromatic rings. The Morgan fingerprint density at radius 1 is 1.00 bits per heavy atom. The lowest BCUT2D eigenvalue weighted by atomic mass is 9.96. The number of hydrogen-bond acceptors (Lipinski definition) is 8. The van der Waals surface area contributed by atoms with Gasteiger partial charge in [0.05, 0.1) is 0 Å². The molecule has 2 aliphatic rings. The molecule has 0 unspecified atom stereocenters. The number of unbranched alkanes of at least 4 members (excludes halogenated alkanes) is 5. The van der Waals surface area contributed by atoms with Crippen molar-refractivity contribution in [3.05, 3.63) is 0 Å². The average molecular weight is 415 g/mol. The Hall–Kier alpha value is -1.71. The van der Waals surface area contributed by atoms with Crippen LogP contribution in [0.25, 0.3) is 0 Å². The van der Waals surface area contributed by atoms with Crippen LogP contribution in [0.2, 0.25) is 0 Å². The Bertz CT molecular complexity index is 577. The van der Waals surface area contributed by atoms with E-state index in [2.05, 4.69) is 12.2 Å². The molecule has 1 spiro atoms. The molecule has 0 aliphatic carbocycles. The first-order valence-corrected chi connectivity index (χ1v) is 10.3. The molecule has 5 atom stereocenters. The molecule has 0 aromatic carbocycles. The molecule has 2 fully saturated rings. The molecule has 0 aromatic heterocycles. The van der Waals surface area contributed by atoms with Crippen molar-refractivity contribution in [3.63, 3.8) is 0 Å². The standard InChI is InChI=1S/C20H33NO8/c1-5-6-7-8-9-10-11-25-19-16(21-13(2)22)17(27-14(3)23)18(28-15(4)24)20(29-19)12-26-20/h16-19H,5-12H2,1-4H3,(H,21,22)/t16-,17-,18+,19-,20-/m1/s1. The van der Waals surface area contributed by atoms with Gasteiger partial charge >= 0.3 is 11.9 Å². The fourth-order valence-electron chi connectivity index (χ4n) is 3.50. The van der Waals surface area contributed by atoms with Crippen molar-refractivity contribution in [2.24, 2.45) is 0 Å². The zero-order valence-corrected chi connectivity index (χ0v) is 17.7. The lowest BCUT2D eigenvalue weighted by Crippen LogP contribution is -2.67. The number of ether oxygens (including phenoxy) is 5. The summed E-state index contributed by atoms with van der Waals surface area (Å²) < 4.78 is 28.0. The average Bonchev–Trinajstić information content (AvgIpc) is 3.39. The minimum atomic E-state index is -1.23. The molecule has 0 radical (unpaired) electrons. The molecule has 0 saturated carbocycles. The monoisotopic (exact) mass is 415 g/mol. The van der Waals surface area contributed by atoms with Crippen molar-refractivity contribution >= 4 is 17.8 Å². The molecule has 1 N–H and O–H groups in total. The molecule has 2 saturated heterocycles. The van der Waals surface area contributed by atoms with E-state index in [-0.39, 0.29) is 12.5 Å². The number of epoxide rings is 1. The minimum Gasteiger partial charge on any atom is -0.456 e. The quantitative estimate of drug-likeness (QED) is 0.309. The van der Waals surface area contributed by atoms with E-state index < -0.39 is 42.3 Å². The van der Waals surface area contributed by atoms with Gasteiger partial charge in [-0.1, -0.05) is 39.0 Å². The van der Waals surface area contributed by atoms with Gasteiger partial charge in [0.2, 0.25) is 11.7 Å². The number of nitrogens with one attached hydrogen (secondary N) is 1. The molecule has 9 heteroatoms. The predicted molar refractivity (Wildman–Crippen MR) is 102 cm³/mol. The summed E-state index contributed by atoms with van der Waals surface area (Å²) in [6, 6.07) is -0.837. The fourth-order valence-corrected chi connectivity index (χ4v) is 3.50. The van der Waals surface area contributed by atoms with Crippen LogP contribution in [0.1, 0.15) is 66.2 Å². The van der Waals surface area contributed by atoms with Crippen LogP contribution in [0, 0.1) is 0 Å². The predicted octanol–water partition coefficient (Wildman–Crippen LogP) is 1.81. The van der Waals surface area contributed by atoms with E-state index >= 15 is 0 Å². The van der Waals surface area contributed by atoms with E-state index in [9.17, 15) is 14.4 Å². The minimum absolute atomic E-state index is 0.173. The highest BCUT2D eigenvalue weighted by Crippen LogP contribution is 2.43.